The van der Waals surface area contributed by atoms with Crippen LogP contribution >= 0.6 is 0 Å². The zero-order chi connectivity index (χ0) is 19.7. The van der Waals surface area contributed by atoms with Crippen LogP contribution in [0.15, 0.2) is 35.3 Å². The first-order valence-electron chi connectivity index (χ1n) is 8.26. The van der Waals surface area contributed by atoms with Gasteiger partial charge in [-0.25, -0.2) is 4.79 Å². The quantitative estimate of drug-likeness (QED) is 0.659. The molecule has 3 aromatic rings. The molecule has 0 aliphatic rings. The summed E-state index contributed by atoms with van der Waals surface area (Å²) in [5.41, 5.74) is 1.70. The summed E-state index contributed by atoms with van der Waals surface area (Å²) in [6.07, 6.45) is 1.62. The second-order valence-corrected chi connectivity index (χ2v) is 5.97. The van der Waals surface area contributed by atoms with E-state index in [9.17, 15) is 9.59 Å². The number of aromatic nitrogens is 2. The van der Waals surface area contributed by atoms with Gasteiger partial charge in [0, 0.05) is 17.6 Å². The predicted octanol–water partition coefficient (Wildman–Crippen LogP) is 2.81. The molecule has 0 spiro atoms. The minimum atomic E-state index is -0.520. The number of hydrogen-bond donors (Lipinski definition) is 0. The smallest absolute Gasteiger partial charge is 0.340 e. The van der Waals surface area contributed by atoms with Crippen LogP contribution in [0.25, 0.3) is 16.5 Å². The van der Waals surface area contributed by atoms with E-state index in [0.717, 1.165) is 0 Å². The summed E-state index contributed by atoms with van der Waals surface area (Å²) in [7, 11) is 4.38. The molecule has 0 bridgehead atoms. The molecule has 0 atom stereocenters. The summed E-state index contributed by atoms with van der Waals surface area (Å²) in [6, 6.07) is 6.92. The van der Waals surface area contributed by atoms with Crippen molar-refractivity contribution in [2.75, 3.05) is 21.3 Å². The highest BCUT2D eigenvalue weighted by atomic mass is 16.5. The lowest BCUT2D eigenvalue weighted by Crippen LogP contribution is -2.21. The van der Waals surface area contributed by atoms with Crippen molar-refractivity contribution in [3.05, 3.63) is 57.8 Å². The molecular formula is C20H20N2O5. The SMILES string of the molecule is COC(=O)c1c(C)nc(C)c2c(=O)n(-c3ccc(OC)c(OC)c3)ccc12. The maximum Gasteiger partial charge on any atom is 0.340 e. The zero-order valence-electron chi connectivity index (χ0n) is 15.8. The van der Waals surface area contributed by atoms with Crippen molar-refractivity contribution in [1.82, 2.24) is 9.55 Å². The molecule has 0 aliphatic carbocycles. The van der Waals surface area contributed by atoms with Gasteiger partial charge in [0.25, 0.3) is 5.56 Å². The van der Waals surface area contributed by atoms with Gasteiger partial charge in [0.1, 0.15) is 0 Å². The van der Waals surface area contributed by atoms with Crippen LogP contribution < -0.4 is 15.0 Å². The number of hydrogen-bond acceptors (Lipinski definition) is 6. The highest BCUT2D eigenvalue weighted by Gasteiger charge is 2.20. The van der Waals surface area contributed by atoms with Crippen molar-refractivity contribution in [2.45, 2.75) is 13.8 Å². The molecule has 0 unspecified atom stereocenters. The number of ether oxygens (including phenoxy) is 3. The first kappa shape index (κ1) is 18.4. The maximum atomic E-state index is 13.2. The highest BCUT2D eigenvalue weighted by molar-refractivity contribution is 6.05. The summed E-state index contributed by atoms with van der Waals surface area (Å²) in [5.74, 6) is 0.556. The monoisotopic (exact) mass is 368 g/mol. The third-order valence-corrected chi connectivity index (χ3v) is 4.46. The Balaban J connectivity index is 2.31. The molecule has 3 rings (SSSR count). The van der Waals surface area contributed by atoms with E-state index in [1.54, 1.807) is 51.4 Å². The summed E-state index contributed by atoms with van der Waals surface area (Å²) in [5, 5.41) is 0.895. The first-order chi connectivity index (χ1) is 12.9. The van der Waals surface area contributed by atoms with Crippen LogP contribution in [0.3, 0.4) is 0 Å². The molecule has 1 aromatic carbocycles. The number of methoxy groups -OCH3 is 3. The van der Waals surface area contributed by atoms with Gasteiger partial charge in [-0.3, -0.25) is 14.3 Å². The Labute approximate surface area is 156 Å². The van der Waals surface area contributed by atoms with Gasteiger partial charge in [0.15, 0.2) is 11.5 Å². The summed E-state index contributed by atoms with van der Waals surface area (Å²) in [6.45, 7) is 3.47. The lowest BCUT2D eigenvalue weighted by molar-refractivity contribution is 0.0601. The molecule has 7 nitrogen and oxygen atoms in total. The minimum Gasteiger partial charge on any atom is -0.493 e. The van der Waals surface area contributed by atoms with Crippen LogP contribution in [-0.4, -0.2) is 36.8 Å². The number of carbonyl (C=O) groups is 1. The van der Waals surface area contributed by atoms with E-state index in [1.165, 1.54) is 18.8 Å². The van der Waals surface area contributed by atoms with E-state index in [0.29, 0.717) is 44.9 Å². The van der Waals surface area contributed by atoms with E-state index in [2.05, 4.69) is 4.98 Å². The van der Waals surface area contributed by atoms with Gasteiger partial charge >= 0.3 is 5.97 Å². The molecule has 0 saturated heterocycles. The average molecular weight is 368 g/mol. The number of rotatable bonds is 4. The molecular weight excluding hydrogens is 348 g/mol. The number of benzene rings is 1. The number of carbonyl (C=O) groups excluding carboxylic acids is 1. The number of esters is 1. The Hall–Kier alpha value is -3.35. The van der Waals surface area contributed by atoms with Crippen LogP contribution in [0.2, 0.25) is 0 Å². The molecule has 27 heavy (non-hydrogen) atoms. The summed E-state index contributed by atoms with van der Waals surface area (Å²) in [4.78, 5) is 29.7. The number of nitrogens with zero attached hydrogens (tertiary/aromatic N) is 2. The minimum absolute atomic E-state index is 0.283. The van der Waals surface area contributed by atoms with Crippen LogP contribution in [0.5, 0.6) is 11.5 Å². The normalized spacial score (nSPS) is 10.7. The van der Waals surface area contributed by atoms with Gasteiger partial charge in [0.2, 0.25) is 0 Å². The number of pyridine rings is 2. The second kappa shape index (κ2) is 7.11. The van der Waals surface area contributed by atoms with Crippen molar-refractivity contribution in [3.63, 3.8) is 0 Å². The number of fused-ring (bicyclic) bond motifs is 1. The Bertz CT molecular complexity index is 1100. The lowest BCUT2D eigenvalue weighted by Gasteiger charge is -2.14. The Morgan fingerprint density at radius 1 is 1.00 bits per heavy atom. The van der Waals surface area contributed by atoms with Gasteiger partial charge in [-0.2, -0.15) is 0 Å². The fourth-order valence-electron chi connectivity index (χ4n) is 3.19. The molecule has 0 N–H and O–H groups in total. The Kier molecular flexibility index (Phi) is 4.85. The zero-order valence-corrected chi connectivity index (χ0v) is 15.8. The molecule has 140 valence electrons. The molecule has 0 radical (unpaired) electrons. The van der Waals surface area contributed by atoms with Crippen LogP contribution in [0.1, 0.15) is 21.7 Å². The van der Waals surface area contributed by atoms with Crippen molar-refractivity contribution in [1.29, 1.82) is 0 Å². The third-order valence-electron chi connectivity index (χ3n) is 4.46. The Morgan fingerprint density at radius 3 is 2.33 bits per heavy atom. The fraction of sp³-hybridized carbons (Fsp3) is 0.250. The maximum absolute atomic E-state index is 13.2. The molecule has 0 saturated carbocycles. The molecule has 0 amide bonds. The third kappa shape index (κ3) is 3.01. The standard InChI is InChI=1S/C20H20N2O5/c1-11-17-14(18(12(2)21-11)20(24)27-5)8-9-22(19(17)23)13-6-7-15(25-3)16(10-13)26-4/h6-10H,1-5H3. The molecule has 7 heteroatoms. The van der Waals surface area contributed by atoms with Crippen LogP contribution in [-0.2, 0) is 4.74 Å². The van der Waals surface area contributed by atoms with Crippen LogP contribution in [0.4, 0.5) is 0 Å². The lowest BCUT2D eigenvalue weighted by atomic mass is 10.0. The predicted molar refractivity (Wildman–Crippen MR) is 101 cm³/mol. The van der Waals surface area contributed by atoms with Crippen molar-refractivity contribution < 1.29 is 19.0 Å². The number of aryl methyl sites for hydroxylation is 2. The van der Waals surface area contributed by atoms with Gasteiger partial charge in [-0.05, 0) is 32.0 Å². The average Bonchev–Trinajstić information content (AvgIpc) is 2.67. The molecule has 2 aromatic heterocycles. The molecule has 0 fully saturated rings. The molecule has 2 heterocycles. The second-order valence-electron chi connectivity index (χ2n) is 5.97. The summed E-state index contributed by atoms with van der Waals surface area (Å²) >= 11 is 0. The highest BCUT2D eigenvalue weighted by Crippen LogP contribution is 2.29. The van der Waals surface area contributed by atoms with E-state index >= 15 is 0 Å². The van der Waals surface area contributed by atoms with E-state index in [4.69, 9.17) is 14.2 Å². The molecule has 0 aliphatic heterocycles. The van der Waals surface area contributed by atoms with E-state index < -0.39 is 5.97 Å². The topological polar surface area (TPSA) is 79.7 Å². The van der Waals surface area contributed by atoms with Crippen LogP contribution in [0, 0.1) is 13.8 Å². The Morgan fingerprint density at radius 2 is 1.70 bits per heavy atom. The first-order valence-corrected chi connectivity index (χ1v) is 8.26. The van der Waals surface area contributed by atoms with E-state index in [1.807, 2.05) is 0 Å². The van der Waals surface area contributed by atoms with Gasteiger partial charge < -0.3 is 14.2 Å². The fourth-order valence-corrected chi connectivity index (χ4v) is 3.19. The van der Waals surface area contributed by atoms with Gasteiger partial charge in [0.05, 0.1) is 49.4 Å². The van der Waals surface area contributed by atoms with Gasteiger partial charge in [-0.1, -0.05) is 0 Å². The summed E-state index contributed by atoms with van der Waals surface area (Å²) < 4.78 is 16.9. The van der Waals surface area contributed by atoms with E-state index in [-0.39, 0.29) is 5.56 Å². The van der Waals surface area contributed by atoms with Crippen molar-refractivity contribution in [3.8, 4) is 17.2 Å². The largest absolute Gasteiger partial charge is 0.493 e. The van der Waals surface area contributed by atoms with Crippen molar-refractivity contribution >= 4 is 16.7 Å². The van der Waals surface area contributed by atoms with Crippen molar-refractivity contribution in [2.24, 2.45) is 0 Å². The van der Waals surface area contributed by atoms with Gasteiger partial charge in [-0.15, -0.1) is 0 Å².